The molecule has 0 radical (unpaired) electrons. The first-order valence-electron chi connectivity index (χ1n) is 6.87. The molecule has 0 saturated heterocycles. The molecule has 1 aromatic carbocycles. The Labute approximate surface area is 117 Å². The number of hydrogen-bond acceptors (Lipinski definition) is 3. The summed E-state index contributed by atoms with van der Waals surface area (Å²) < 4.78 is 5.38. The van der Waals surface area contributed by atoms with E-state index in [0.717, 1.165) is 12.2 Å². The minimum Gasteiger partial charge on any atom is -0.496 e. The van der Waals surface area contributed by atoms with Crippen molar-refractivity contribution in [3.8, 4) is 5.75 Å². The van der Waals surface area contributed by atoms with Gasteiger partial charge in [-0.2, -0.15) is 0 Å². The van der Waals surface area contributed by atoms with Gasteiger partial charge >= 0.3 is 0 Å². The van der Waals surface area contributed by atoms with E-state index in [1.807, 2.05) is 7.05 Å². The molecule has 0 amide bonds. The standard InChI is InChI=1S/C16H28N2O/c1-11-12(2)15(19-6)8-7-13(11)14(18-5)9-16(3,4)10-17/h7-8,14,18H,9-10,17H2,1-6H3. The van der Waals surface area contributed by atoms with Gasteiger partial charge in [0, 0.05) is 6.04 Å². The molecule has 3 N–H and O–H groups in total. The van der Waals surface area contributed by atoms with E-state index in [-0.39, 0.29) is 5.41 Å². The number of rotatable bonds is 6. The normalized spacial score (nSPS) is 13.4. The maximum Gasteiger partial charge on any atom is 0.122 e. The number of benzene rings is 1. The molecule has 108 valence electrons. The highest BCUT2D eigenvalue weighted by atomic mass is 16.5. The number of nitrogens with one attached hydrogen (secondary N) is 1. The van der Waals surface area contributed by atoms with Gasteiger partial charge in [-0.25, -0.2) is 0 Å². The van der Waals surface area contributed by atoms with Crippen molar-refractivity contribution in [1.29, 1.82) is 0 Å². The second-order valence-electron chi connectivity index (χ2n) is 6.02. The fraction of sp³-hybridized carbons (Fsp3) is 0.625. The molecular formula is C16H28N2O. The van der Waals surface area contributed by atoms with Crippen molar-refractivity contribution in [2.24, 2.45) is 11.1 Å². The van der Waals surface area contributed by atoms with E-state index in [0.29, 0.717) is 12.6 Å². The highest BCUT2D eigenvalue weighted by Gasteiger charge is 2.23. The lowest BCUT2D eigenvalue weighted by Crippen LogP contribution is -2.30. The van der Waals surface area contributed by atoms with Gasteiger partial charge in [0.25, 0.3) is 0 Å². The van der Waals surface area contributed by atoms with Crippen LogP contribution in [0.3, 0.4) is 0 Å². The zero-order valence-electron chi connectivity index (χ0n) is 13.1. The second kappa shape index (κ2) is 6.40. The number of methoxy groups -OCH3 is 1. The molecular weight excluding hydrogens is 236 g/mol. The molecule has 3 heteroatoms. The van der Waals surface area contributed by atoms with Gasteiger partial charge in [0.2, 0.25) is 0 Å². The van der Waals surface area contributed by atoms with Crippen molar-refractivity contribution in [2.45, 2.75) is 40.2 Å². The molecule has 1 atom stereocenters. The van der Waals surface area contributed by atoms with Crippen LogP contribution in [0.4, 0.5) is 0 Å². The first-order valence-corrected chi connectivity index (χ1v) is 6.87. The Morgan fingerprint density at radius 3 is 2.37 bits per heavy atom. The zero-order valence-corrected chi connectivity index (χ0v) is 13.1. The van der Waals surface area contributed by atoms with E-state index >= 15 is 0 Å². The zero-order chi connectivity index (χ0) is 14.6. The molecule has 3 nitrogen and oxygen atoms in total. The van der Waals surface area contributed by atoms with Gasteiger partial charge in [0.1, 0.15) is 5.75 Å². The summed E-state index contributed by atoms with van der Waals surface area (Å²) in [6.07, 6.45) is 1.02. The fourth-order valence-corrected chi connectivity index (χ4v) is 2.42. The van der Waals surface area contributed by atoms with Crippen LogP contribution in [0.25, 0.3) is 0 Å². The van der Waals surface area contributed by atoms with Crippen LogP contribution in [0.15, 0.2) is 12.1 Å². The molecule has 0 aromatic heterocycles. The summed E-state index contributed by atoms with van der Waals surface area (Å²) in [5, 5.41) is 3.42. The van der Waals surface area contributed by atoms with Crippen LogP contribution in [-0.2, 0) is 0 Å². The average molecular weight is 264 g/mol. The minimum atomic E-state index is 0.133. The molecule has 0 bridgehead atoms. The topological polar surface area (TPSA) is 47.3 Å². The van der Waals surface area contributed by atoms with Crippen LogP contribution in [-0.4, -0.2) is 20.7 Å². The predicted octanol–water partition coefficient (Wildman–Crippen LogP) is 2.95. The third-order valence-electron chi connectivity index (χ3n) is 4.03. The summed E-state index contributed by atoms with van der Waals surface area (Å²) >= 11 is 0. The lowest BCUT2D eigenvalue weighted by molar-refractivity contribution is 0.298. The molecule has 0 aliphatic heterocycles. The summed E-state index contributed by atoms with van der Waals surface area (Å²) in [5.41, 5.74) is 9.83. The van der Waals surface area contributed by atoms with Crippen LogP contribution in [0, 0.1) is 19.3 Å². The maximum atomic E-state index is 5.85. The van der Waals surface area contributed by atoms with Gasteiger partial charge in [0.05, 0.1) is 7.11 Å². The highest BCUT2D eigenvalue weighted by Crippen LogP contribution is 2.33. The van der Waals surface area contributed by atoms with Crippen molar-refractivity contribution in [3.05, 3.63) is 28.8 Å². The first-order chi connectivity index (χ1) is 8.86. The van der Waals surface area contributed by atoms with Crippen molar-refractivity contribution >= 4 is 0 Å². The number of hydrogen-bond donors (Lipinski definition) is 2. The molecule has 0 aliphatic rings. The molecule has 0 saturated carbocycles. The lowest BCUT2D eigenvalue weighted by atomic mass is 9.82. The van der Waals surface area contributed by atoms with Gasteiger partial charge in [-0.1, -0.05) is 19.9 Å². The Morgan fingerprint density at radius 2 is 1.89 bits per heavy atom. The Balaban J connectivity index is 3.09. The molecule has 0 spiro atoms. The second-order valence-corrected chi connectivity index (χ2v) is 6.02. The summed E-state index contributed by atoms with van der Waals surface area (Å²) in [5.74, 6) is 0.953. The fourth-order valence-electron chi connectivity index (χ4n) is 2.42. The predicted molar refractivity (Wildman–Crippen MR) is 81.7 cm³/mol. The SMILES string of the molecule is CNC(CC(C)(C)CN)c1ccc(OC)c(C)c1C. The molecule has 1 rings (SSSR count). The average Bonchev–Trinajstić information content (AvgIpc) is 2.39. The van der Waals surface area contributed by atoms with E-state index in [1.54, 1.807) is 7.11 Å². The molecule has 19 heavy (non-hydrogen) atoms. The van der Waals surface area contributed by atoms with Crippen molar-refractivity contribution in [1.82, 2.24) is 5.32 Å². The van der Waals surface area contributed by atoms with E-state index < -0.39 is 0 Å². The lowest BCUT2D eigenvalue weighted by Gasteiger charge is -2.30. The number of nitrogens with two attached hydrogens (primary N) is 1. The third-order valence-corrected chi connectivity index (χ3v) is 4.03. The minimum absolute atomic E-state index is 0.133. The van der Waals surface area contributed by atoms with Crippen LogP contribution < -0.4 is 15.8 Å². The molecule has 0 heterocycles. The van der Waals surface area contributed by atoms with Gasteiger partial charge in [0.15, 0.2) is 0 Å². The van der Waals surface area contributed by atoms with Gasteiger partial charge < -0.3 is 15.8 Å². The maximum absolute atomic E-state index is 5.85. The summed E-state index contributed by atoms with van der Waals surface area (Å²) in [6.45, 7) is 9.39. The Morgan fingerprint density at radius 1 is 1.26 bits per heavy atom. The molecule has 1 aromatic rings. The van der Waals surface area contributed by atoms with E-state index in [9.17, 15) is 0 Å². The van der Waals surface area contributed by atoms with Gasteiger partial charge in [-0.05, 0) is 62.0 Å². The van der Waals surface area contributed by atoms with Crippen molar-refractivity contribution in [3.63, 3.8) is 0 Å². The number of ether oxygens (including phenoxy) is 1. The largest absolute Gasteiger partial charge is 0.496 e. The summed E-state index contributed by atoms with van der Waals surface area (Å²) in [6, 6.07) is 4.54. The first kappa shape index (κ1) is 16.0. The quantitative estimate of drug-likeness (QED) is 0.830. The van der Waals surface area contributed by atoms with Crippen LogP contribution in [0.5, 0.6) is 5.75 Å². The van der Waals surface area contributed by atoms with Gasteiger partial charge in [-0.15, -0.1) is 0 Å². The Bertz CT molecular complexity index is 427. The Hall–Kier alpha value is -1.06. The van der Waals surface area contributed by atoms with Crippen molar-refractivity contribution in [2.75, 3.05) is 20.7 Å². The highest BCUT2D eigenvalue weighted by molar-refractivity contribution is 5.44. The van der Waals surface area contributed by atoms with Crippen LogP contribution in [0.2, 0.25) is 0 Å². The van der Waals surface area contributed by atoms with Crippen molar-refractivity contribution < 1.29 is 4.74 Å². The summed E-state index contributed by atoms with van der Waals surface area (Å²) in [7, 11) is 3.73. The third kappa shape index (κ3) is 3.71. The monoisotopic (exact) mass is 264 g/mol. The van der Waals surface area contributed by atoms with E-state index in [2.05, 4.69) is 45.1 Å². The van der Waals surface area contributed by atoms with Crippen LogP contribution >= 0.6 is 0 Å². The summed E-state index contributed by atoms with van der Waals surface area (Å²) in [4.78, 5) is 0. The molecule has 0 aliphatic carbocycles. The smallest absolute Gasteiger partial charge is 0.122 e. The van der Waals surface area contributed by atoms with Crippen LogP contribution in [0.1, 0.15) is 43.0 Å². The molecule has 1 unspecified atom stereocenters. The van der Waals surface area contributed by atoms with E-state index in [4.69, 9.17) is 10.5 Å². The molecule has 0 fully saturated rings. The van der Waals surface area contributed by atoms with Gasteiger partial charge in [-0.3, -0.25) is 0 Å². The van der Waals surface area contributed by atoms with E-state index in [1.165, 1.54) is 16.7 Å². The Kier molecular flexibility index (Phi) is 5.39.